The van der Waals surface area contributed by atoms with Crippen LogP contribution >= 0.6 is 11.3 Å². The van der Waals surface area contributed by atoms with Gasteiger partial charge in [-0.25, -0.2) is 19.3 Å². The number of thiazole rings is 1. The molecule has 2 aromatic heterocycles. The molecule has 0 amide bonds. The van der Waals surface area contributed by atoms with Crippen LogP contribution in [0.5, 0.6) is 0 Å². The SMILES string of the molecule is CN(Cc1nccc(N)n1)C[C@@H]1C[C@H](F)CN1Cc1nccs1. The molecule has 124 valence electrons. The lowest BCUT2D eigenvalue weighted by Crippen LogP contribution is -2.38. The van der Waals surface area contributed by atoms with Crippen LogP contribution in [0.4, 0.5) is 10.2 Å². The molecule has 0 radical (unpaired) electrons. The van der Waals surface area contributed by atoms with Crippen molar-refractivity contribution in [3.8, 4) is 0 Å². The van der Waals surface area contributed by atoms with Gasteiger partial charge in [-0.05, 0) is 19.5 Å². The lowest BCUT2D eigenvalue weighted by molar-refractivity contribution is 0.178. The molecule has 3 heterocycles. The topological polar surface area (TPSA) is 71.2 Å². The summed E-state index contributed by atoms with van der Waals surface area (Å²) >= 11 is 1.61. The molecule has 3 rings (SSSR count). The Bertz CT molecular complexity index is 622. The number of hydrogen-bond acceptors (Lipinski definition) is 7. The van der Waals surface area contributed by atoms with Gasteiger partial charge in [-0.15, -0.1) is 11.3 Å². The Hall–Kier alpha value is -1.64. The molecule has 0 bridgehead atoms. The van der Waals surface area contributed by atoms with Gasteiger partial charge in [0.2, 0.25) is 0 Å². The third-order valence-electron chi connectivity index (χ3n) is 3.96. The van der Waals surface area contributed by atoms with E-state index in [1.807, 2.05) is 12.4 Å². The maximum atomic E-state index is 13.9. The number of likely N-dealkylation sites (N-methyl/N-ethyl adjacent to an activating group) is 1. The van der Waals surface area contributed by atoms with Gasteiger partial charge in [-0.2, -0.15) is 0 Å². The number of anilines is 1. The third-order valence-corrected chi connectivity index (χ3v) is 4.72. The van der Waals surface area contributed by atoms with Crippen LogP contribution in [0.1, 0.15) is 17.3 Å². The zero-order chi connectivity index (χ0) is 16.2. The quantitative estimate of drug-likeness (QED) is 0.863. The van der Waals surface area contributed by atoms with Crippen LogP contribution in [0.25, 0.3) is 0 Å². The fourth-order valence-corrected chi connectivity index (χ4v) is 3.61. The highest BCUT2D eigenvalue weighted by Crippen LogP contribution is 2.24. The highest BCUT2D eigenvalue weighted by Gasteiger charge is 2.33. The molecule has 8 heteroatoms. The second-order valence-electron chi connectivity index (χ2n) is 5.94. The minimum atomic E-state index is -0.767. The number of rotatable bonds is 6. The van der Waals surface area contributed by atoms with Crippen molar-refractivity contribution in [3.63, 3.8) is 0 Å². The summed E-state index contributed by atoms with van der Waals surface area (Å²) in [7, 11) is 2.00. The molecule has 2 N–H and O–H groups in total. The number of likely N-dealkylation sites (tertiary alicyclic amines) is 1. The smallest absolute Gasteiger partial charge is 0.144 e. The number of nitrogen functional groups attached to an aromatic ring is 1. The molecule has 23 heavy (non-hydrogen) atoms. The first-order valence-electron chi connectivity index (χ1n) is 7.62. The zero-order valence-corrected chi connectivity index (χ0v) is 13.9. The second kappa shape index (κ2) is 7.29. The Morgan fingerprint density at radius 1 is 1.43 bits per heavy atom. The van der Waals surface area contributed by atoms with E-state index in [4.69, 9.17) is 5.73 Å². The number of nitrogens with zero attached hydrogens (tertiary/aromatic N) is 5. The molecule has 1 aliphatic rings. The first-order chi connectivity index (χ1) is 11.1. The van der Waals surface area contributed by atoms with Gasteiger partial charge in [0.05, 0.1) is 13.1 Å². The van der Waals surface area contributed by atoms with Crippen molar-refractivity contribution in [3.05, 3.63) is 34.7 Å². The molecule has 0 aromatic carbocycles. The normalized spacial score (nSPS) is 22.0. The van der Waals surface area contributed by atoms with Gasteiger partial charge in [0, 0.05) is 36.9 Å². The monoisotopic (exact) mass is 336 g/mol. The molecule has 1 aliphatic heterocycles. The lowest BCUT2D eigenvalue weighted by atomic mass is 10.2. The molecule has 1 fully saturated rings. The number of nitrogens with two attached hydrogens (primary N) is 1. The largest absolute Gasteiger partial charge is 0.384 e. The van der Waals surface area contributed by atoms with Gasteiger partial charge in [0.1, 0.15) is 22.8 Å². The Morgan fingerprint density at radius 2 is 2.30 bits per heavy atom. The van der Waals surface area contributed by atoms with Gasteiger partial charge >= 0.3 is 0 Å². The van der Waals surface area contributed by atoms with Crippen molar-refractivity contribution < 1.29 is 4.39 Å². The highest BCUT2D eigenvalue weighted by molar-refractivity contribution is 7.09. The van der Waals surface area contributed by atoms with E-state index in [0.717, 1.165) is 11.6 Å². The first kappa shape index (κ1) is 16.2. The zero-order valence-electron chi connectivity index (χ0n) is 13.1. The third kappa shape index (κ3) is 4.43. The summed E-state index contributed by atoms with van der Waals surface area (Å²) in [5, 5.41) is 2.99. The first-order valence-corrected chi connectivity index (χ1v) is 8.50. The molecule has 2 aromatic rings. The van der Waals surface area contributed by atoms with Gasteiger partial charge in [-0.3, -0.25) is 9.80 Å². The van der Waals surface area contributed by atoms with Gasteiger partial charge in [0.15, 0.2) is 0 Å². The predicted molar refractivity (Wildman–Crippen MR) is 88.6 cm³/mol. The van der Waals surface area contributed by atoms with E-state index in [1.165, 1.54) is 0 Å². The molecule has 2 atom stereocenters. The number of hydrogen-bond donors (Lipinski definition) is 1. The van der Waals surface area contributed by atoms with Crippen molar-refractivity contribution in [1.82, 2.24) is 24.8 Å². The summed E-state index contributed by atoms with van der Waals surface area (Å²) in [6.07, 6.45) is 3.25. The minimum absolute atomic E-state index is 0.181. The van der Waals surface area contributed by atoms with Crippen LogP contribution in [0.3, 0.4) is 0 Å². The average Bonchev–Trinajstić information content (AvgIpc) is 3.10. The number of aromatic nitrogens is 3. The van der Waals surface area contributed by atoms with E-state index in [1.54, 1.807) is 29.8 Å². The summed E-state index contributed by atoms with van der Waals surface area (Å²) in [5.74, 6) is 1.16. The summed E-state index contributed by atoms with van der Waals surface area (Å²) < 4.78 is 13.9. The molecular formula is C15H21FN6S. The molecule has 0 aliphatic carbocycles. The molecular weight excluding hydrogens is 315 g/mol. The van der Waals surface area contributed by atoms with Gasteiger partial charge < -0.3 is 5.73 Å². The fraction of sp³-hybridized carbons (Fsp3) is 0.533. The molecule has 0 saturated carbocycles. The molecule has 0 unspecified atom stereocenters. The molecule has 1 saturated heterocycles. The van der Waals surface area contributed by atoms with Crippen LogP contribution in [-0.2, 0) is 13.1 Å². The average molecular weight is 336 g/mol. The van der Waals surface area contributed by atoms with E-state index in [0.29, 0.717) is 37.7 Å². The van der Waals surface area contributed by atoms with Crippen molar-refractivity contribution >= 4 is 17.2 Å². The predicted octanol–water partition coefficient (Wildman–Crippen LogP) is 1.56. The van der Waals surface area contributed by atoms with Crippen LogP contribution in [-0.4, -0.2) is 57.1 Å². The molecule has 6 nitrogen and oxygen atoms in total. The van der Waals surface area contributed by atoms with Crippen LogP contribution in [0, 0.1) is 0 Å². The van der Waals surface area contributed by atoms with Crippen molar-refractivity contribution in [1.29, 1.82) is 0 Å². The van der Waals surface area contributed by atoms with Crippen molar-refractivity contribution in [2.45, 2.75) is 31.7 Å². The van der Waals surface area contributed by atoms with Crippen molar-refractivity contribution in [2.75, 3.05) is 25.9 Å². The van der Waals surface area contributed by atoms with E-state index in [-0.39, 0.29) is 6.04 Å². The minimum Gasteiger partial charge on any atom is -0.384 e. The Labute approximate surface area is 139 Å². The van der Waals surface area contributed by atoms with Crippen molar-refractivity contribution in [2.24, 2.45) is 0 Å². The summed E-state index contributed by atoms with van der Waals surface area (Å²) in [5.41, 5.74) is 5.68. The Balaban J connectivity index is 1.58. The van der Waals surface area contributed by atoms with E-state index < -0.39 is 6.17 Å². The molecule has 0 spiro atoms. The number of alkyl halides is 1. The maximum Gasteiger partial charge on any atom is 0.144 e. The van der Waals surface area contributed by atoms with E-state index >= 15 is 0 Å². The second-order valence-corrected chi connectivity index (χ2v) is 6.92. The van der Waals surface area contributed by atoms with Crippen LogP contribution in [0.2, 0.25) is 0 Å². The maximum absolute atomic E-state index is 13.9. The lowest BCUT2D eigenvalue weighted by Gasteiger charge is -2.27. The number of halogens is 1. The summed E-state index contributed by atoms with van der Waals surface area (Å²) in [4.78, 5) is 17.0. The summed E-state index contributed by atoms with van der Waals surface area (Å²) in [6.45, 7) is 2.56. The van der Waals surface area contributed by atoms with Crippen LogP contribution in [0.15, 0.2) is 23.8 Å². The van der Waals surface area contributed by atoms with Gasteiger partial charge in [-0.1, -0.05) is 0 Å². The van der Waals surface area contributed by atoms with E-state index in [2.05, 4.69) is 24.8 Å². The summed E-state index contributed by atoms with van der Waals surface area (Å²) in [6, 6.07) is 1.85. The van der Waals surface area contributed by atoms with E-state index in [9.17, 15) is 4.39 Å². The Morgan fingerprint density at radius 3 is 3.04 bits per heavy atom. The standard InChI is InChI=1S/C15H21FN6S/c1-21(9-14-18-3-2-13(17)20-14)8-12-6-11(16)7-22(12)10-15-19-4-5-23-15/h2-5,11-12H,6-10H2,1H3,(H2,17,18,20)/t11-,12-/m0/s1. The highest BCUT2D eigenvalue weighted by atomic mass is 32.1. The van der Waals surface area contributed by atoms with Gasteiger partial charge in [0.25, 0.3) is 0 Å². The fourth-order valence-electron chi connectivity index (χ4n) is 2.97. The van der Waals surface area contributed by atoms with Crippen LogP contribution < -0.4 is 5.73 Å². The Kier molecular flexibility index (Phi) is 5.14.